The maximum absolute atomic E-state index is 13.6. The lowest BCUT2D eigenvalue weighted by Crippen LogP contribution is -2.23. The molecule has 5 rings (SSSR count). The maximum Gasteiger partial charge on any atom is 0.281 e. The highest BCUT2D eigenvalue weighted by Crippen LogP contribution is 2.27. The monoisotopic (exact) mass is 431 g/mol. The Labute approximate surface area is 182 Å². The molecule has 0 N–H and O–H groups in total. The molecule has 31 heavy (non-hydrogen) atoms. The van der Waals surface area contributed by atoms with Gasteiger partial charge < -0.3 is 4.74 Å². The second kappa shape index (κ2) is 7.52. The summed E-state index contributed by atoms with van der Waals surface area (Å²) in [7, 11) is 1.86. The number of hydrogen-bond donors (Lipinski definition) is 0. The number of halogens is 1. The average molecular weight is 432 g/mol. The number of aryl methyl sites for hydroxylation is 1. The summed E-state index contributed by atoms with van der Waals surface area (Å²) >= 11 is 6.07. The standard InChI is InChI=1S/C23H18ClN5O2/c1-3-31-20-11-10-19-22(25-20)21(14-4-6-16(24)7-5-14)23(30)29(27-19)17-8-9-18-15(12-17)13-28(2)26-18/h4-13H,3H2,1-2H3. The summed E-state index contributed by atoms with van der Waals surface area (Å²) in [5, 5.41) is 10.5. The highest BCUT2D eigenvalue weighted by Gasteiger charge is 2.17. The molecule has 0 saturated carbocycles. The number of rotatable bonds is 4. The fraction of sp³-hybridized carbons (Fsp3) is 0.130. The van der Waals surface area contributed by atoms with Crippen LogP contribution in [0.3, 0.4) is 0 Å². The van der Waals surface area contributed by atoms with E-state index in [0.717, 1.165) is 10.9 Å². The van der Waals surface area contributed by atoms with E-state index in [2.05, 4.69) is 15.2 Å². The molecule has 7 nitrogen and oxygen atoms in total. The van der Waals surface area contributed by atoms with Crippen molar-refractivity contribution in [1.29, 1.82) is 0 Å². The van der Waals surface area contributed by atoms with Gasteiger partial charge in [0, 0.05) is 29.7 Å². The molecule has 154 valence electrons. The second-order valence-corrected chi connectivity index (χ2v) is 7.53. The van der Waals surface area contributed by atoms with E-state index < -0.39 is 0 Å². The van der Waals surface area contributed by atoms with Crippen LogP contribution in [-0.4, -0.2) is 31.2 Å². The van der Waals surface area contributed by atoms with Crippen LogP contribution in [0.25, 0.3) is 38.8 Å². The van der Waals surface area contributed by atoms with Crippen molar-refractivity contribution >= 4 is 33.5 Å². The van der Waals surface area contributed by atoms with Gasteiger partial charge in [0.2, 0.25) is 5.88 Å². The number of aromatic nitrogens is 5. The summed E-state index contributed by atoms with van der Waals surface area (Å²) in [6, 6.07) is 16.3. The van der Waals surface area contributed by atoms with Crippen molar-refractivity contribution in [3.63, 3.8) is 0 Å². The zero-order valence-corrected chi connectivity index (χ0v) is 17.7. The molecule has 0 saturated heterocycles. The van der Waals surface area contributed by atoms with Crippen molar-refractivity contribution < 1.29 is 4.74 Å². The summed E-state index contributed by atoms with van der Waals surface area (Å²) in [5.41, 5.74) is 3.43. The first kappa shape index (κ1) is 19.3. The molecule has 8 heteroatoms. The lowest BCUT2D eigenvalue weighted by atomic mass is 10.1. The molecule has 0 radical (unpaired) electrons. The van der Waals surface area contributed by atoms with E-state index in [1.165, 1.54) is 4.68 Å². The Balaban J connectivity index is 1.81. The molecule has 0 amide bonds. The van der Waals surface area contributed by atoms with Gasteiger partial charge in [-0.2, -0.15) is 14.9 Å². The van der Waals surface area contributed by atoms with Crippen LogP contribution < -0.4 is 10.3 Å². The quantitative estimate of drug-likeness (QED) is 0.422. The molecule has 5 aromatic rings. The van der Waals surface area contributed by atoms with E-state index in [4.69, 9.17) is 16.3 Å². The average Bonchev–Trinajstić information content (AvgIpc) is 3.14. The fourth-order valence-electron chi connectivity index (χ4n) is 3.61. The minimum Gasteiger partial charge on any atom is -0.478 e. The third-order valence-corrected chi connectivity index (χ3v) is 5.22. The summed E-state index contributed by atoms with van der Waals surface area (Å²) in [6.45, 7) is 2.36. The maximum atomic E-state index is 13.6. The minimum atomic E-state index is -0.279. The highest BCUT2D eigenvalue weighted by molar-refractivity contribution is 6.30. The van der Waals surface area contributed by atoms with Crippen LogP contribution in [-0.2, 0) is 7.05 Å². The predicted octanol–water partition coefficient (Wildman–Crippen LogP) is 4.39. The van der Waals surface area contributed by atoms with Gasteiger partial charge in [-0.15, -0.1) is 0 Å². The number of nitrogens with zero attached hydrogens (tertiary/aromatic N) is 5. The first-order valence-corrected chi connectivity index (χ1v) is 10.2. The van der Waals surface area contributed by atoms with Crippen LogP contribution >= 0.6 is 11.6 Å². The molecule has 0 aliphatic heterocycles. The first-order valence-electron chi connectivity index (χ1n) is 9.80. The number of ether oxygens (including phenoxy) is 1. The predicted molar refractivity (Wildman–Crippen MR) is 121 cm³/mol. The topological polar surface area (TPSA) is 74.8 Å². The van der Waals surface area contributed by atoms with Gasteiger partial charge in [-0.1, -0.05) is 23.7 Å². The molecule has 0 spiro atoms. The SMILES string of the molecule is CCOc1ccc2nn(-c3ccc4nn(C)cc4c3)c(=O)c(-c3ccc(Cl)cc3)c2n1. The normalized spacial score (nSPS) is 11.3. The van der Waals surface area contributed by atoms with Crippen molar-refractivity contribution in [3.05, 3.63) is 76.2 Å². The zero-order valence-electron chi connectivity index (χ0n) is 16.9. The Bertz CT molecular complexity index is 1490. The van der Waals surface area contributed by atoms with E-state index in [9.17, 15) is 4.79 Å². The minimum absolute atomic E-state index is 0.279. The molecule has 3 aromatic heterocycles. The lowest BCUT2D eigenvalue weighted by Gasteiger charge is -2.12. The molecule has 0 atom stereocenters. The molecule has 3 heterocycles. The zero-order chi connectivity index (χ0) is 21.5. The van der Waals surface area contributed by atoms with Crippen molar-refractivity contribution in [3.8, 4) is 22.7 Å². The van der Waals surface area contributed by atoms with Gasteiger partial charge in [-0.05, 0) is 48.9 Å². The van der Waals surface area contributed by atoms with Crippen molar-refractivity contribution in [2.45, 2.75) is 6.92 Å². The Hall–Kier alpha value is -3.71. The van der Waals surface area contributed by atoms with Crippen LogP contribution in [0.2, 0.25) is 5.02 Å². The molecule has 0 aliphatic rings. The Morgan fingerprint density at radius 3 is 2.55 bits per heavy atom. The van der Waals surface area contributed by atoms with Crippen LogP contribution in [0.15, 0.2) is 65.6 Å². The molecular weight excluding hydrogens is 414 g/mol. The Morgan fingerprint density at radius 1 is 1.00 bits per heavy atom. The van der Waals surface area contributed by atoms with E-state index in [1.807, 2.05) is 56.6 Å². The van der Waals surface area contributed by atoms with E-state index in [1.54, 1.807) is 22.9 Å². The van der Waals surface area contributed by atoms with Gasteiger partial charge in [0.15, 0.2) is 0 Å². The van der Waals surface area contributed by atoms with Crippen LogP contribution in [0.4, 0.5) is 0 Å². The number of fused-ring (bicyclic) bond motifs is 2. The molecule has 0 unspecified atom stereocenters. The van der Waals surface area contributed by atoms with Crippen LogP contribution in [0, 0.1) is 0 Å². The largest absolute Gasteiger partial charge is 0.478 e. The summed E-state index contributed by atoms with van der Waals surface area (Å²) < 4.78 is 8.69. The smallest absolute Gasteiger partial charge is 0.281 e. The van der Waals surface area contributed by atoms with Gasteiger partial charge in [0.05, 0.1) is 23.4 Å². The first-order chi connectivity index (χ1) is 15.0. The fourth-order valence-corrected chi connectivity index (χ4v) is 3.73. The summed E-state index contributed by atoms with van der Waals surface area (Å²) in [5.74, 6) is 0.445. The second-order valence-electron chi connectivity index (χ2n) is 7.09. The Kier molecular flexibility index (Phi) is 4.67. The van der Waals surface area contributed by atoms with Crippen LogP contribution in [0.1, 0.15) is 6.92 Å². The van der Waals surface area contributed by atoms with Crippen LogP contribution in [0.5, 0.6) is 5.88 Å². The van der Waals surface area contributed by atoms with Crippen molar-refractivity contribution in [1.82, 2.24) is 24.5 Å². The molecule has 0 bridgehead atoms. The van der Waals surface area contributed by atoms with Crippen molar-refractivity contribution in [2.24, 2.45) is 7.05 Å². The molecule has 2 aromatic carbocycles. The Morgan fingerprint density at radius 2 is 1.77 bits per heavy atom. The summed E-state index contributed by atoms with van der Waals surface area (Å²) in [6.07, 6.45) is 1.90. The lowest BCUT2D eigenvalue weighted by molar-refractivity contribution is 0.328. The molecule has 0 fully saturated rings. The number of benzene rings is 2. The molecular formula is C23H18ClN5O2. The van der Waals surface area contributed by atoms with Gasteiger partial charge in [-0.25, -0.2) is 4.98 Å². The van der Waals surface area contributed by atoms with E-state index in [-0.39, 0.29) is 5.56 Å². The molecule has 0 aliphatic carbocycles. The highest BCUT2D eigenvalue weighted by atomic mass is 35.5. The summed E-state index contributed by atoms with van der Waals surface area (Å²) in [4.78, 5) is 18.2. The number of pyridine rings is 1. The third-order valence-electron chi connectivity index (χ3n) is 4.97. The van der Waals surface area contributed by atoms with Gasteiger partial charge in [0.1, 0.15) is 11.0 Å². The van der Waals surface area contributed by atoms with Crippen molar-refractivity contribution in [2.75, 3.05) is 6.61 Å². The van der Waals surface area contributed by atoms with E-state index >= 15 is 0 Å². The van der Waals surface area contributed by atoms with Gasteiger partial charge in [-0.3, -0.25) is 9.48 Å². The number of hydrogen-bond acceptors (Lipinski definition) is 5. The van der Waals surface area contributed by atoms with Gasteiger partial charge >= 0.3 is 0 Å². The van der Waals surface area contributed by atoms with E-state index in [0.29, 0.717) is 45.4 Å². The third kappa shape index (κ3) is 3.43. The van der Waals surface area contributed by atoms with Gasteiger partial charge in [0.25, 0.3) is 5.56 Å².